The van der Waals surface area contributed by atoms with E-state index in [9.17, 15) is 5.11 Å². The topological polar surface area (TPSA) is 45.2 Å². The highest BCUT2D eigenvalue weighted by atomic mass is 16.5. The van der Waals surface area contributed by atoms with Gasteiger partial charge < -0.3 is 14.8 Å². The summed E-state index contributed by atoms with van der Waals surface area (Å²) in [5.41, 5.74) is 1.33. The number of aliphatic hydroxyl groups is 1. The molecule has 2 rings (SSSR count). The quantitative estimate of drug-likeness (QED) is 0.760. The molecule has 0 spiro atoms. The summed E-state index contributed by atoms with van der Waals surface area (Å²) in [5, 5.41) is 9.36. The van der Waals surface area contributed by atoms with Gasteiger partial charge in [-0.25, -0.2) is 0 Å². The van der Waals surface area contributed by atoms with Crippen LogP contribution in [0, 0.1) is 5.92 Å². The molecule has 0 saturated carbocycles. The van der Waals surface area contributed by atoms with Gasteiger partial charge in [-0.2, -0.15) is 0 Å². The smallest absolute Gasteiger partial charge is 0.0589 e. The Balaban J connectivity index is 2.25. The maximum Gasteiger partial charge on any atom is 0.0589 e. The fraction of sp³-hybridized carbons (Fsp3) is 0.636. The molecule has 78 valence electrons. The Bertz CT molecular complexity index is 273. The zero-order valence-corrected chi connectivity index (χ0v) is 8.49. The monoisotopic (exact) mass is 195 g/mol. The number of ether oxygens (including phenoxy) is 1. The second-order valence-electron chi connectivity index (χ2n) is 4.04. The van der Waals surface area contributed by atoms with Crippen molar-refractivity contribution in [2.45, 2.75) is 18.8 Å². The Hall–Kier alpha value is -0.800. The molecule has 1 aliphatic rings. The number of H-pyrrole nitrogens is 1. The van der Waals surface area contributed by atoms with Crippen LogP contribution in [0.15, 0.2) is 18.5 Å². The summed E-state index contributed by atoms with van der Waals surface area (Å²) in [6, 6.07) is 2.08. The number of rotatable bonds is 4. The lowest BCUT2D eigenvalue weighted by atomic mass is 9.69. The van der Waals surface area contributed by atoms with E-state index in [4.69, 9.17) is 4.74 Å². The highest BCUT2D eigenvalue weighted by Gasteiger charge is 2.46. The molecule has 2 N–H and O–H groups in total. The van der Waals surface area contributed by atoms with Crippen molar-refractivity contribution in [2.75, 3.05) is 19.8 Å². The van der Waals surface area contributed by atoms with E-state index in [1.54, 1.807) is 0 Å². The molecular formula is C11H17NO2. The van der Waals surface area contributed by atoms with Gasteiger partial charge in [-0.05, 0) is 17.5 Å². The van der Waals surface area contributed by atoms with Crippen LogP contribution in [0.5, 0.6) is 0 Å². The van der Waals surface area contributed by atoms with Crippen molar-refractivity contribution < 1.29 is 9.84 Å². The normalized spacial score (nSPS) is 21.6. The first-order chi connectivity index (χ1) is 6.83. The predicted molar refractivity (Wildman–Crippen MR) is 54.2 cm³/mol. The molecule has 3 nitrogen and oxygen atoms in total. The Labute approximate surface area is 84.1 Å². The van der Waals surface area contributed by atoms with Crippen molar-refractivity contribution in [1.29, 1.82) is 0 Å². The van der Waals surface area contributed by atoms with Crippen LogP contribution in [0.1, 0.15) is 18.9 Å². The van der Waals surface area contributed by atoms with Crippen molar-refractivity contribution in [3.8, 4) is 0 Å². The molecule has 1 unspecified atom stereocenters. The highest BCUT2D eigenvalue weighted by Crippen LogP contribution is 2.40. The van der Waals surface area contributed by atoms with Crippen LogP contribution in [0.4, 0.5) is 0 Å². The molecule has 2 heterocycles. The number of nitrogens with one attached hydrogen (secondary N) is 1. The predicted octanol–water partition coefficient (Wildman–Crippen LogP) is 1.30. The van der Waals surface area contributed by atoms with E-state index in [-0.39, 0.29) is 12.0 Å². The Morgan fingerprint density at radius 3 is 2.79 bits per heavy atom. The molecular weight excluding hydrogens is 178 g/mol. The van der Waals surface area contributed by atoms with E-state index in [0.717, 1.165) is 19.6 Å². The van der Waals surface area contributed by atoms with Gasteiger partial charge in [-0.3, -0.25) is 0 Å². The summed E-state index contributed by atoms with van der Waals surface area (Å²) in [6.07, 6.45) is 4.94. The molecule has 1 aromatic rings. The molecule has 0 amide bonds. The molecule has 0 aromatic carbocycles. The Morgan fingerprint density at radius 2 is 2.43 bits per heavy atom. The van der Waals surface area contributed by atoms with E-state index in [1.807, 2.05) is 12.4 Å². The SMILES string of the molecule is CCC(CO)C1(c2cc[nH]c2)COC1. The number of aliphatic hydroxyl groups excluding tert-OH is 1. The van der Waals surface area contributed by atoms with Gasteiger partial charge in [-0.1, -0.05) is 13.3 Å². The molecule has 1 aliphatic heterocycles. The minimum absolute atomic E-state index is 0.0590. The van der Waals surface area contributed by atoms with E-state index >= 15 is 0 Å². The minimum Gasteiger partial charge on any atom is -0.396 e. The fourth-order valence-corrected chi connectivity index (χ4v) is 2.29. The molecule has 1 fully saturated rings. The summed E-state index contributed by atoms with van der Waals surface area (Å²) >= 11 is 0. The second kappa shape index (κ2) is 3.75. The van der Waals surface area contributed by atoms with Crippen molar-refractivity contribution in [3.05, 3.63) is 24.0 Å². The average Bonchev–Trinajstić information content (AvgIpc) is 2.63. The number of aromatic amines is 1. The number of hydrogen-bond donors (Lipinski definition) is 2. The fourth-order valence-electron chi connectivity index (χ4n) is 2.29. The standard InChI is InChI=1S/C11H17NO2/c1-2-9(6-13)11(7-14-8-11)10-3-4-12-5-10/h3-5,9,12-13H,2,6-8H2,1H3. The molecule has 1 aromatic heterocycles. The molecule has 3 heteroatoms. The van der Waals surface area contributed by atoms with Gasteiger partial charge in [0.25, 0.3) is 0 Å². The van der Waals surface area contributed by atoms with E-state index in [1.165, 1.54) is 5.56 Å². The van der Waals surface area contributed by atoms with Gasteiger partial charge in [-0.15, -0.1) is 0 Å². The van der Waals surface area contributed by atoms with Crippen molar-refractivity contribution in [2.24, 2.45) is 5.92 Å². The summed E-state index contributed by atoms with van der Waals surface area (Å²) in [6.45, 7) is 3.84. The van der Waals surface area contributed by atoms with Gasteiger partial charge in [0.05, 0.1) is 13.2 Å². The van der Waals surface area contributed by atoms with Gasteiger partial charge in [0.2, 0.25) is 0 Å². The van der Waals surface area contributed by atoms with Crippen LogP contribution in [-0.2, 0) is 10.2 Å². The lowest BCUT2D eigenvalue weighted by Gasteiger charge is -2.46. The highest BCUT2D eigenvalue weighted by molar-refractivity contribution is 5.26. The van der Waals surface area contributed by atoms with Crippen LogP contribution >= 0.6 is 0 Å². The first kappa shape index (κ1) is 9.74. The lowest BCUT2D eigenvalue weighted by Crippen LogP contribution is -2.53. The van der Waals surface area contributed by atoms with Gasteiger partial charge in [0.15, 0.2) is 0 Å². The Morgan fingerprint density at radius 1 is 1.64 bits per heavy atom. The van der Waals surface area contributed by atoms with Crippen molar-refractivity contribution in [1.82, 2.24) is 4.98 Å². The average molecular weight is 195 g/mol. The van der Waals surface area contributed by atoms with E-state index < -0.39 is 0 Å². The number of hydrogen-bond acceptors (Lipinski definition) is 2. The third kappa shape index (κ3) is 1.28. The first-order valence-electron chi connectivity index (χ1n) is 5.15. The Kier molecular flexibility index (Phi) is 2.61. The minimum atomic E-state index is 0.0590. The molecule has 0 bridgehead atoms. The number of aromatic nitrogens is 1. The first-order valence-corrected chi connectivity index (χ1v) is 5.15. The summed E-state index contributed by atoms with van der Waals surface area (Å²) in [7, 11) is 0. The summed E-state index contributed by atoms with van der Waals surface area (Å²) in [5.74, 6) is 0.312. The van der Waals surface area contributed by atoms with Crippen molar-refractivity contribution in [3.63, 3.8) is 0 Å². The molecule has 1 saturated heterocycles. The molecule has 14 heavy (non-hydrogen) atoms. The van der Waals surface area contributed by atoms with Crippen LogP contribution < -0.4 is 0 Å². The zero-order chi connectivity index (χ0) is 10.0. The van der Waals surface area contributed by atoms with Crippen LogP contribution in [-0.4, -0.2) is 29.9 Å². The maximum atomic E-state index is 9.36. The van der Waals surface area contributed by atoms with Gasteiger partial charge >= 0.3 is 0 Å². The van der Waals surface area contributed by atoms with Gasteiger partial charge in [0, 0.05) is 24.4 Å². The summed E-state index contributed by atoms with van der Waals surface area (Å²) < 4.78 is 5.32. The van der Waals surface area contributed by atoms with E-state index in [0.29, 0.717) is 5.92 Å². The third-order valence-corrected chi connectivity index (χ3v) is 3.39. The van der Waals surface area contributed by atoms with Crippen LogP contribution in [0.3, 0.4) is 0 Å². The molecule has 0 radical (unpaired) electrons. The van der Waals surface area contributed by atoms with Gasteiger partial charge in [0.1, 0.15) is 0 Å². The van der Waals surface area contributed by atoms with Crippen LogP contribution in [0.25, 0.3) is 0 Å². The zero-order valence-electron chi connectivity index (χ0n) is 8.49. The molecule has 1 atom stereocenters. The summed E-state index contributed by atoms with van der Waals surface area (Å²) in [4.78, 5) is 3.07. The van der Waals surface area contributed by atoms with Crippen LogP contribution in [0.2, 0.25) is 0 Å². The largest absolute Gasteiger partial charge is 0.396 e. The lowest BCUT2D eigenvalue weighted by molar-refractivity contribution is -0.101. The maximum absolute atomic E-state index is 9.36. The second-order valence-corrected chi connectivity index (χ2v) is 4.04. The third-order valence-electron chi connectivity index (χ3n) is 3.39. The van der Waals surface area contributed by atoms with E-state index in [2.05, 4.69) is 18.0 Å². The van der Waals surface area contributed by atoms with Crippen molar-refractivity contribution >= 4 is 0 Å². The molecule has 0 aliphatic carbocycles.